The lowest BCUT2D eigenvalue weighted by Gasteiger charge is -2.53. The highest BCUT2D eigenvalue weighted by atomic mass is 16.2. The van der Waals surface area contributed by atoms with Crippen molar-refractivity contribution in [3.63, 3.8) is 0 Å². The van der Waals surface area contributed by atoms with Crippen LogP contribution in [0, 0.1) is 19.8 Å². The number of aromatic amines is 1. The highest BCUT2D eigenvalue weighted by molar-refractivity contribution is 6.00. The minimum atomic E-state index is 0.0311. The van der Waals surface area contributed by atoms with Crippen molar-refractivity contribution in [2.24, 2.45) is 5.92 Å². The second kappa shape index (κ2) is 6.95. The Bertz CT molecular complexity index is 1030. The largest absolute Gasteiger partial charge is 0.337 e. The molecule has 0 unspecified atom stereocenters. The number of likely N-dealkylation sites (tertiary alicyclic amines) is 1. The van der Waals surface area contributed by atoms with Crippen LogP contribution in [0.25, 0.3) is 11.4 Å². The Morgan fingerprint density at radius 3 is 2.69 bits per heavy atom. The Balaban J connectivity index is 1.38. The van der Waals surface area contributed by atoms with E-state index < -0.39 is 0 Å². The number of nitrogens with one attached hydrogen (secondary N) is 1. The zero-order chi connectivity index (χ0) is 20.0. The lowest BCUT2D eigenvalue weighted by Crippen LogP contribution is -2.65. The van der Waals surface area contributed by atoms with Gasteiger partial charge in [-0.25, -0.2) is 15.0 Å². The van der Waals surface area contributed by atoms with Gasteiger partial charge in [-0.05, 0) is 32.4 Å². The minimum absolute atomic E-state index is 0.0311. The summed E-state index contributed by atoms with van der Waals surface area (Å²) in [6.45, 7) is 6.40. The molecule has 8 nitrogen and oxygen atoms in total. The van der Waals surface area contributed by atoms with Crippen molar-refractivity contribution in [3.05, 3.63) is 53.6 Å². The van der Waals surface area contributed by atoms with Gasteiger partial charge in [0.1, 0.15) is 6.33 Å². The van der Waals surface area contributed by atoms with Crippen LogP contribution in [0.1, 0.15) is 28.2 Å². The molecule has 2 saturated heterocycles. The highest BCUT2D eigenvalue weighted by Gasteiger charge is 2.45. The first-order valence-corrected chi connectivity index (χ1v) is 9.93. The van der Waals surface area contributed by atoms with E-state index in [1.54, 1.807) is 0 Å². The summed E-state index contributed by atoms with van der Waals surface area (Å²) in [6.07, 6.45) is 2.46. The number of H-pyrrole nitrogens is 1. The summed E-state index contributed by atoms with van der Waals surface area (Å²) in [6, 6.07) is 9.81. The molecule has 0 bridgehead atoms. The first-order valence-electron chi connectivity index (χ1n) is 9.93. The molecule has 4 heterocycles. The first kappa shape index (κ1) is 17.8. The molecule has 0 aliphatic carbocycles. The van der Waals surface area contributed by atoms with E-state index in [-0.39, 0.29) is 11.9 Å². The molecule has 8 heteroatoms. The Kier molecular flexibility index (Phi) is 4.26. The Morgan fingerprint density at radius 1 is 1.14 bits per heavy atom. The second-order valence-electron chi connectivity index (χ2n) is 7.85. The van der Waals surface area contributed by atoms with Crippen LogP contribution in [0.15, 0.2) is 36.7 Å². The Morgan fingerprint density at radius 2 is 1.93 bits per heavy atom. The summed E-state index contributed by atoms with van der Waals surface area (Å²) in [7, 11) is 0. The van der Waals surface area contributed by atoms with Gasteiger partial charge in [-0.15, -0.1) is 0 Å². The van der Waals surface area contributed by atoms with Gasteiger partial charge in [-0.2, -0.15) is 5.10 Å². The first-order chi connectivity index (χ1) is 14.1. The van der Waals surface area contributed by atoms with Crippen molar-refractivity contribution in [2.75, 3.05) is 24.5 Å². The highest BCUT2D eigenvalue weighted by Crippen LogP contribution is 2.36. The fourth-order valence-electron chi connectivity index (χ4n) is 4.43. The number of rotatable bonds is 3. The van der Waals surface area contributed by atoms with Gasteiger partial charge in [0.25, 0.3) is 5.91 Å². The third kappa shape index (κ3) is 3.14. The number of nitrogens with zero attached hydrogens (tertiary/aromatic N) is 6. The van der Waals surface area contributed by atoms with E-state index in [0.29, 0.717) is 23.9 Å². The van der Waals surface area contributed by atoms with Crippen molar-refractivity contribution in [1.29, 1.82) is 0 Å². The van der Waals surface area contributed by atoms with Crippen LogP contribution in [-0.2, 0) is 0 Å². The van der Waals surface area contributed by atoms with Crippen molar-refractivity contribution in [1.82, 2.24) is 30.0 Å². The van der Waals surface area contributed by atoms with Crippen LogP contribution in [0.3, 0.4) is 0 Å². The Hall–Kier alpha value is -3.29. The molecule has 0 radical (unpaired) electrons. The molecular weight excluding hydrogens is 366 g/mol. The minimum Gasteiger partial charge on any atom is -0.337 e. The summed E-state index contributed by atoms with van der Waals surface area (Å²) in [5, 5.41) is 6.78. The summed E-state index contributed by atoms with van der Waals surface area (Å²) >= 11 is 0. The fraction of sp³-hybridized carbons (Fsp3) is 0.381. The van der Waals surface area contributed by atoms with Gasteiger partial charge >= 0.3 is 0 Å². The van der Waals surface area contributed by atoms with E-state index in [1.807, 2.05) is 49.1 Å². The lowest BCUT2D eigenvalue weighted by atomic mass is 9.82. The topological polar surface area (TPSA) is 90.9 Å². The smallest absolute Gasteiger partial charge is 0.254 e. The van der Waals surface area contributed by atoms with E-state index >= 15 is 0 Å². The predicted octanol–water partition coefficient (Wildman–Crippen LogP) is 2.23. The molecular formula is C21H23N7O. The molecule has 5 rings (SSSR count). The van der Waals surface area contributed by atoms with E-state index in [2.05, 4.69) is 30.0 Å². The number of hydrogen-bond acceptors (Lipinski definition) is 6. The number of amides is 1. The molecule has 2 aromatic heterocycles. The van der Waals surface area contributed by atoms with Gasteiger partial charge in [0.2, 0.25) is 5.95 Å². The van der Waals surface area contributed by atoms with Gasteiger partial charge < -0.3 is 9.80 Å². The summed E-state index contributed by atoms with van der Waals surface area (Å²) in [4.78, 5) is 31.0. The maximum Gasteiger partial charge on any atom is 0.254 e. The average molecular weight is 389 g/mol. The second-order valence-corrected chi connectivity index (χ2v) is 7.85. The molecule has 1 amide bonds. The molecule has 2 fully saturated rings. The number of aryl methyl sites for hydroxylation is 2. The molecule has 0 saturated carbocycles. The molecule has 0 spiro atoms. The fourth-order valence-corrected chi connectivity index (χ4v) is 4.43. The van der Waals surface area contributed by atoms with Gasteiger partial charge in [-0.3, -0.25) is 9.89 Å². The number of anilines is 1. The normalized spacial score (nSPS) is 20.9. The Labute approximate surface area is 169 Å². The average Bonchev–Trinajstić information content (AvgIpc) is 3.22. The third-order valence-electron chi connectivity index (χ3n) is 5.90. The number of piperidine rings is 1. The monoisotopic (exact) mass is 389 g/mol. The third-order valence-corrected chi connectivity index (χ3v) is 5.90. The number of hydrogen-bond donors (Lipinski definition) is 1. The standard InChI is InChI=1S/C21H23N7O/c1-13-9-14(2)25-21(24-13)28-10-15-7-8-27(11-18(15)28)20(29)17-6-4-3-5-16(17)19-22-12-23-26-19/h3-6,9,12,15,18H,7-8,10-11H2,1-2H3,(H,22,23,26)/t15-,18-/m0/s1. The number of carbonyl (C=O) groups excluding carboxylic acids is 1. The molecule has 1 aromatic carbocycles. The van der Waals surface area contributed by atoms with Crippen molar-refractivity contribution < 1.29 is 4.79 Å². The van der Waals surface area contributed by atoms with Crippen LogP contribution in [-0.4, -0.2) is 61.6 Å². The summed E-state index contributed by atoms with van der Waals surface area (Å²) in [5.74, 6) is 2.01. The van der Waals surface area contributed by atoms with Crippen LogP contribution >= 0.6 is 0 Å². The molecule has 2 atom stereocenters. The van der Waals surface area contributed by atoms with Crippen molar-refractivity contribution >= 4 is 11.9 Å². The number of fused-ring (bicyclic) bond motifs is 1. The summed E-state index contributed by atoms with van der Waals surface area (Å²) < 4.78 is 0. The van der Waals surface area contributed by atoms with Crippen molar-refractivity contribution in [3.8, 4) is 11.4 Å². The number of aromatic nitrogens is 5. The van der Waals surface area contributed by atoms with E-state index in [0.717, 1.165) is 42.4 Å². The van der Waals surface area contributed by atoms with Gasteiger partial charge in [0, 0.05) is 42.5 Å². The van der Waals surface area contributed by atoms with E-state index in [4.69, 9.17) is 0 Å². The number of carbonyl (C=O) groups is 1. The lowest BCUT2D eigenvalue weighted by molar-refractivity contribution is 0.0590. The molecule has 2 aliphatic heterocycles. The van der Waals surface area contributed by atoms with Crippen molar-refractivity contribution in [2.45, 2.75) is 26.3 Å². The molecule has 1 N–H and O–H groups in total. The maximum absolute atomic E-state index is 13.4. The zero-order valence-corrected chi connectivity index (χ0v) is 16.5. The van der Waals surface area contributed by atoms with E-state index in [1.165, 1.54) is 6.33 Å². The molecule has 29 heavy (non-hydrogen) atoms. The van der Waals surface area contributed by atoms with Gasteiger partial charge in [0.15, 0.2) is 5.82 Å². The SMILES string of the molecule is Cc1cc(C)nc(N2C[C@@H]3CCN(C(=O)c4ccccc4-c4ncn[nH]4)C[C@@H]32)n1. The molecule has 148 valence electrons. The molecule has 3 aromatic rings. The summed E-state index contributed by atoms with van der Waals surface area (Å²) in [5.41, 5.74) is 3.37. The number of benzene rings is 1. The van der Waals surface area contributed by atoms with Crippen LogP contribution < -0.4 is 4.90 Å². The quantitative estimate of drug-likeness (QED) is 0.739. The van der Waals surface area contributed by atoms with Crippen LogP contribution in [0.5, 0.6) is 0 Å². The predicted molar refractivity (Wildman–Crippen MR) is 108 cm³/mol. The van der Waals surface area contributed by atoms with Gasteiger partial charge in [0.05, 0.1) is 11.6 Å². The van der Waals surface area contributed by atoms with E-state index in [9.17, 15) is 4.79 Å². The van der Waals surface area contributed by atoms with Crippen LogP contribution in [0.2, 0.25) is 0 Å². The van der Waals surface area contributed by atoms with Crippen LogP contribution in [0.4, 0.5) is 5.95 Å². The maximum atomic E-state index is 13.4. The zero-order valence-electron chi connectivity index (χ0n) is 16.5. The molecule has 2 aliphatic rings. The van der Waals surface area contributed by atoms with Gasteiger partial charge in [-0.1, -0.05) is 18.2 Å².